The third-order valence-electron chi connectivity index (χ3n) is 5.03. The summed E-state index contributed by atoms with van der Waals surface area (Å²) >= 11 is 0. The topological polar surface area (TPSA) is 72.9 Å². The summed E-state index contributed by atoms with van der Waals surface area (Å²) in [6.07, 6.45) is 4.61. The molecular formula is C18H25NO5S. The lowest BCUT2D eigenvalue weighted by atomic mass is 10.1. The molecule has 3 rings (SSSR count). The van der Waals surface area contributed by atoms with Gasteiger partial charge in [0.15, 0.2) is 16.4 Å². The van der Waals surface area contributed by atoms with Crippen molar-refractivity contribution in [1.82, 2.24) is 4.90 Å². The van der Waals surface area contributed by atoms with E-state index >= 15 is 0 Å². The molecule has 2 fully saturated rings. The second-order valence-corrected chi connectivity index (χ2v) is 8.99. The van der Waals surface area contributed by atoms with Crippen LogP contribution < -0.4 is 9.47 Å². The molecule has 138 valence electrons. The van der Waals surface area contributed by atoms with Crippen LogP contribution in [0, 0.1) is 0 Å². The van der Waals surface area contributed by atoms with Crippen LogP contribution in [-0.2, 0) is 14.6 Å². The molecule has 1 heterocycles. The zero-order chi connectivity index (χ0) is 17.9. The maximum absolute atomic E-state index is 12.8. The van der Waals surface area contributed by atoms with Gasteiger partial charge in [-0.3, -0.25) is 4.79 Å². The predicted molar refractivity (Wildman–Crippen MR) is 94.6 cm³/mol. The number of amides is 1. The van der Waals surface area contributed by atoms with Crippen molar-refractivity contribution in [2.45, 2.75) is 44.2 Å². The van der Waals surface area contributed by atoms with Crippen molar-refractivity contribution in [3.8, 4) is 11.5 Å². The summed E-state index contributed by atoms with van der Waals surface area (Å²) < 4.78 is 34.4. The Kier molecular flexibility index (Phi) is 5.51. The molecule has 6 nitrogen and oxygen atoms in total. The standard InChI is InChI=1S/C18H25NO5S/c1-23-16-6-8-17(9-7-16)24-12-18(20)19(14-4-2-3-5-14)15-10-11-25(21,22)13-15/h6-9,14-15H,2-5,10-13H2,1H3. The van der Waals surface area contributed by atoms with Crippen LogP contribution in [-0.4, -0.2) is 56.5 Å². The van der Waals surface area contributed by atoms with Gasteiger partial charge in [0, 0.05) is 12.1 Å². The summed E-state index contributed by atoms with van der Waals surface area (Å²) in [6.45, 7) is -0.0701. The first-order valence-electron chi connectivity index (χ1n) is 8.77. The van der Waals surface area contributed by atoms with Gasteiger partial charge in [0.05, 0.1) is 18.6 Å². The lowest BCUT2D eigenvalue weighted by molar-refractivity contribution is -0.137. The second-order valence-electron chi connectivity index (χ2n) is 6.76. The quantitative estimate of drug-likeness (QED) is 0.769. The van der Waals surface area contributed by atoms with Crippen LogP contribution in [0.2, 0.25) is 0 Å². The van der Waals surface area contributed by atoms with Gasteiger partial charge in [-0.25, -0.2) is 8.42 Å². The van der Waals surface area contributed by atoms with E-state index in [0.29, 0.717) is 12.2 Å². The van der Waals surface area contributed by atoms with Gasteiger partial charge >= 0.3 is 0 Å². The van der Waals surface area contributed by atoms with Crippen LogP contribution in [0.25, 0.3) is 0 Å². The molecule has 2 aliphatic rings. The Balaban J connectivity index is 1.66. The van der Waals surface area contributed by atoms with Crippen molar-refractivity contribution in [3.05, 3.63) is 24.3 Å². The van der Waals surface area contributed by atoms with Gasteiger partial charge in [-0.1, -0.05) is 12.8 Å². The van der Waals surface area contributed by atoms with Gasteiger partial charge in [0.1, 0.15) is 11.5 Å². The number of carbonyl (C=O) groups is 1. The highest BCUT2D eigenvalue weighted by Gasteiger charge is 2.39. The molecule has 1 saturated heterocycles. The molecule has 1 amide bonds. The van der Waals surface area contributed by atoms with Gasteiger partial charge in [-0.05, 0) is 43.5 Å². The Morgan fingerprint density at radius 3 is 2.28 bits per heavy atom. The predicted octanol–water partition coefficient (Wildman–Crippen LogP) is 2.03. The highest BCUT2D eigenvalue weighted by atomic mass is 32.2. The zero-order valence-electron chi connectivity index (χ0n) is 14.5. The van der Waals surface area contributed by atoms with E-state index in [9.17, 15) is 13.2 Å². The Hall–Kier alpha value is -1.76. The fraction of sp³-hybridized carbons (Fsp3) is 0.611. The van der Waals surface area contributed by atoms with E-state index in [4.69, 9.17) is 9.47 Å². The number of nitrogens with zero attached hydrogens (tertiary/aromatic N) is 1. The SMILES string of the molecule is COc1ccc(OCC(=O)N(C2CCCC2)C2CCS(=O)(=O)C2)cc1. The fourth-order valence-electron chi connectivity index (χ4n) is 3.77. The Labute approximate surface area is 149 Å². The number of carbonyl (C=O) groups excluding carboxylic acids is 1. The van der Waals surface area contributed by atoms with Crippen molar-refractivity contribution in [1.29, 1.82) is 0 Å². The molecule has 0 spiro atoms. The van der Waals surface area contributed by atoms with E-state index in [0.717, 1.165) is 31.4 Å². The van der Waals surface area contributed by atoms with Gasteiger partial charge < -0.3 is 14.4 Å². The highest BCUT2D eigenvalue weighted by Crippen LogP contribution is 2.29. The number of hydrogen-bond donors (Lipinski definition) is 0. The molecular weight excluding hydrogens is 342 g/mol. The molecule has 0 aromatic heterocycles. The van der Waals surface area contributed by atoms with Crippen LogP contribution >= 0.6 is 0 Å². The molecule has 0 N–H and O–H groups in total. The maximum atomic E-state index is 12.8. The van der Waals surface area contributed by atoms with E-state index in [1.54, 1.807) is 36.3 Å². The molecule has 1 aromatic carbocycles. The molecule has 1 saturated carbocycles. The normalized spacial score (nSPS) is 22.7. The Bertz CT molecular complexity index is 695. The fourth-order valence-corrected chi connectivity index (χ4v) is 5.49. The number of rotatable bonds is 6. The van der Waals surface area contributed by atoms with E-state index in [1.165, 1.54) is 0 Å². The van der Waals surface area contributed by atoms with Crippen molar-refractivity contribution in [3.63, 3.8) is 0 Å². The van der Waals surface area contributed by atoms with Crippen LogP contribution in [0.15, 0.2) is 24.3 Å². The number of hydrogen-bond acceptors (Lipinski definition) is 5. The summed E-state index contributed by atoms with van der Waals surface area (Å²) in [6, 6.07) is 7.00. The van der Waals surface area contributed by atoms with Gasteiger partial charge in [0.2, 0.25) is 0 Å². The largest absolute Gasteiger partial charge is 0.497 e. The molecule has 7 heteroatoms. The third-order valence-corrected chi connectivity index (χ3v) is 6.78. The number of methoxy groups -OCH3 is 1. The van der Waals surface area contributed by atoms with Gasteiger partial charge in [-0.2, -0.15) is 0 Å². The molecule has 1 aliphatic carbocycles. The Morgan fingerprint density at radius 2 is 1.72 bits per heavy atom. The first-order valence-corrected chi connectivity index (χ1v) is 10.6. The monoisotopic (exact) mass is 367 g/mol. The smallest absolute Gasteiger partial charge is 0.261 e. The first kappa shape index (κ1) is 18.0. The van der Waals surface area contributed by atoms with Crippen LogP contribution in [0.5, 0.6) is 11.5 Å². The lowest BCUT2D eigenvalue weighted by Crippen LogP contribution is -2.48. The van der Waals surface area contributed by atoms with Crippen LogP contribution in [0.3, 0.4) is 0 Å². The zero-order valence-corrected chi connectivity index (χ0v) is 15.3. The summed E-state index contributed by atoms with van der Waals surface area (Å²) in [4.78, 5) is 14.6. The van der Waals surface area contributed by atoms with Gasteiger partial charge in [0.25, 0.3) is 5.91 Å². The molecule has 1 aromatic rings. The maximum Gasteiger partial charge on any atom is 0.261 e. The number of ether oxygens (including phenoxy) is 2. The number of benzene rings is 1. The van der Waals surface area contributed by atoms with Crippen LogP contribution in [0.4, 0.5) is 0 Å². The molecule has 1 unspecified atom stereocenters. The van der Waals surface area contributed by atoms with Crippen molar-refractivity contribution >= 4 is 15.7 Å². The highest BCUT2D eigenvalue weighted by molar-refractivity contribution is 7.91. The summed E-state index contributed by atoms with van der Waals surface area (Å²) in [5.74, 6) is 1.46. The summed E-state index contributed by atoms with van der Waals surface area (Å²) in [7, 11) is -1.44. The van der Waals surface area contributed by atoms with Crippen molar-refractivity contribution < 1.29 is 22.7 Å². The molecule has 25 heavy (non-hydrogen) atoms. The summed E-state index contributed by atoms with van der Waals surface area (Å²) in [5.41, 5.74) is 0. The summed E-state index contributed by atoms with van der Waals surface area (Å²) in [5, 5.41) is 0. The number of sulfone groups is 1. The average molecular weight is 367 g/mol. The Morgan fingerprint density at radius 1 is 1.08 bits per heavy atom. The van der Waals surface area contributed by atoms with E-state index in [-0.39, 0.29) is 36.1 Å². The van der Waals surface area contributed by atoms with Gasteiger partial charge in [-0.15, -0.1) is 0 Å². The molecule has 0 bridgehead atoms. The van der Waals surface area contributed by atoms with E-state index < -0.39 is 9.84 Å². The third kappa shape index (κ3) is 4.45. The minimum absolute atomic E-state index is 0.0701. The minimum atomic E-state index is -3.03. The van der Waals surface area contributed by atoms with E-state index in [2.05, 4.69) is 0 Å². The minimum Gasteiger partial charge on any atom is -0.497 e. The molecule has 1 atom stereocenters. The van der Waals surface area contributed by atoms with E-state index in [1.807, 2.05) is 0 Å². The molecule has 1 aliphatic heterocycles. The van der Waals surface area contributed by atoms with Crippen LogP contribution in [0.1, 0.15) is 32.1 Å². The molecule has 0 radical (unpaired) electrons. The van der Waals surface area contributed by atoms with Crippen molar-refractivity contribution in [2.75, 3.05) is 25.2 Å². The first-order chi connectivity index (χ1) is 12.0. The average Bonchev–Trinajstić information content (AvgIpc) is 3.24. The lowest BCUT2D eigenvalue weighted by Gasteiger charge is -2.34. The second kappa shape index (κ2) is 7.64. The van der Waals surface area contributed by atoms with Crippen molar-refractivity contribution in [2.24, 2.45) is 0 Å².